The molecule has 0 aliphatic heterocycles. The number of anilines is 1. The normalized spacial score (nSPS) is 23.2. The summed E-state index contributed by atoms with van der Waals surface area (Å²) in [6.45, 7) is 1.73. The summed E-state index contributed by atoms with van der Waals surface area (Å²) in [6, 6.07) is 26.5. The van der Waals surface area contributed by atoms with Crippen LogP contribution in [0.2, 0.25) is 5.02 Å². The molecule has 0 bridgehead atoms. The number of hydrogen-bond donors (Lipinski definition) is 2. The van der Waals surface area contributed by atoms with Gasteiger partial charge in [-0.3, -0.25) is 4.90 Å². The lowest BCUT2D eigenvalue weighted by Gasteiger charge is -2.46. The number of fused-ring (bicyclic) bond motifs is 2. The van der Waals surface area contributed by atoms with Crippen molar-refractivity contribution in [2.24, 2.45) is 0 Å². The second-order valence-corrected chi connectivity index (χ2v) is 10.5. The summed E-state index contributed by atoms with van der Waals surface area (Å²) < 4.78 is 0. The highest BCUT2D eigenvalue weighted by atomic mass is 35.5. The fourth-order valence-electron chi connectivity index (χ4n) is 5.93. The van der Waals surface area contributed by atoms with Crippen LogP contribution in [0.1, 0.15) is 42.4 Å². The topological polar surface area (TPSA) is 52.6 Å². The molecular weight excluding hydrogens is 456 g/mol. The van der Waals surface area contributed by atoms with Crippen molar-refractivity contribution in [3.05, 3.63) is 106 Å². The van der Waals surface area contributed by atoms with Gasteiger partial charge in [0.25, 0.3) is 0 Å². The maximum Gasteiger partial charge on any atom is 0.329 e. The van der Waals surface area contributed by atoms with Gasteiger partial charge in [0.15, 0.2) is 0 Å². The van der Waals surface area contributed by atoms with Crippen LogP contribution >= 0.6 is 11.6 Å². The molecule has 2 aliphatic rings. The second-order valence-electron chi connectivity index (χ2n) is 10.0. The zero-order valence-electron chi connectivity index (χ0n) is 20.0. The molecule has 5 rings (SSSR count). The van der Waals surface area contributed by atoms with Crippen LogP contribution in [-0.2, 0) is 16.8 Å². The van der Waals surface area contributed by atoms with E-state index in [2.05, 4.69) is 71.9 Å². The molecule has 0 radical (unpaired) electrons. The van der Waals surface area contributed by atoms with E-state index in [4.69, 9.17) is 11.6 Å². The average molecular weight is 487 g/mol. The van der Waals surface area contributed by atoms with Gasteiger partial charge in [-0.25, -0.2) is 4.79 Å². The van der Waals surface area contributed by atoms with Crippen molar-refractivity contribution in [2.75, 3.05) is 18.9 Å². The fraction of sp³-hybridized carbons (Fsp3) is 0.300. The van der Waals surface area contributed by atoms with E-state index in [9.17, 15) is 9.90 Å². The van der Waals surface area contributed by atoms with E-state index in [0.717, 1.165) is 31.6 Å². The smallest absolute Gasteiger partial charge is 0.329 e. The van der Waals surface area contributed by atoms with E-state index in [0.29, 0.717) is 17.9 Å². The molecule has 0 atom stereocenters. The number of halogens is 1. The van der Waals surface area contributed by atoms with Gasteiger partial charge in [-0.05, 0) is 73.2 Å². The highest BCUT2D eigenvalue weighted by Gasteiger charge is 2.51. The highest BCUT2D eigenvalue weighted by Crippen LogP contribution is 2.53. The molecule has 1 fully saturated rings. The zero-order chi connectivity index (χ0) is 24.5. The van der Waals surface area contributed by atoms with Crippen molar-refractivity contribution in [2.45, 2.75) is 43.2 Å². The van der Waals surface area contributed by atoms with Crippen LogP contribution in [0, 0.1) is 0 Å². The van der Waals surface area contributed by atoms with E-state index < -0.39 is 11.5 Å². The van der Waals surface area contributed by atoms with E-state index in [-0.39, 0.29) is 5.41 Å². The number of rotatable bonds is 7. The monoisotopic (exact) mass is 486 g/mol. The SMILES string of the molecule is CN(CC1=Cc2ccccc2C12CCC(Nc1cccc(Cl)c1)(C(=O)O)CC2)Cc1ccccc1. The Morgan fingerprint density at radius 3 is 2.37 bits per heavy atom. The molecule has 1 saturated carbocycles. The quantitative estimate of drug-likeness (QED) is 0.394. The number of hydrogen-bond acceptors (Lipinski definition) is 3. The number of nitrogens with one attached hydrogen (secondary N) is 1. The lowest BCUT2D eigenvalue weighted by Crippen LogP contribution is -2.52. The molecule has 0 unspecified atom stereocenters. The second kappa shape index (κ2) is 9.52. The largest absolute Gasteiger partial charge is 0.480 e. The summed E-state index contributed by atoms with van der Waals surface area (Å²) in [4.78, 5) is 14.9. The van der Waals surface area contributed by atoms with Crippen molar-refractivity contribution in [3.8, 4) is 0 Å². The third-order valence-corrected chi connectivity index (χ3v) is 7.97. The summed E-state index contributed by atoms with van der Waals surface area (Å²) in [5.74, 6) is -0.801. The van der Waals surface area contributed by atoms with E-state index >= 15 is 0 Å². The van der Waals surface area contributed by atoms with Gasteiger partial charge in [-0.1, -0.05) is 78.3 Å². The summed E-state index contributed by atoms with van der Waals surface area (Å²) >= 11 is 6.17. The molecule has 0 saturated heterocycles. The lowest BCUT2D eigenvalue weighted by molar-refractivity contribution is -0.143. The van der Waals surface area contributed by atoms with Crippen LogP contribution in [-0.4, -0.2) is 35.1 Å². The Morgan fingerprint density at radius 1 is 0.943 bits per heavy atom. The van der Waals surface area contributed by atoms with Crippen LogP contribution in [0.5, 0.6) is 0 Å². The van der Waals surface area contributed by atoms with Crippen molar-refractivity contribution >= 4 is 29.3 Å². The molecular formula is C30H31ClN2O2. The van der Waals surface area contributed by atoms with Crippen molar-refractivity contribution in [1.82, 2.24) is 4.90 Å². The van der Waals surface area contributed by atoms with Gasteiger partial charge in [0.05, 0.1) is 0 Å². The number of likely N-dealkylation sites (N-methyl/N-ethyl adjacent to an activating group) is 1. The van der Waals surface area contributed by atoms with Crippen LogP contribution in [0.4, 0.5) is 5.69 Å². The van der Waals surface area contributed by atoms with Crippen LogP contribution in [0.25, 0.3) is 6.08 Å². The summed E-state index contributed by atoms with van der Waals surface area (Å²) in [5, 5.41) is 14.2. The third kappa shape index (κ3) is 4.61. The Bertz CT molecular complexity index is 1250. The standard InChI is InChI=1S/C30H31ClN2O2/c1-33(20-22-8-3-2-4-9-22)21-24-18-23-10-5-6-13-27(23)29(24)14-16-30(17-15-29,28(34)35)32-26-12-7-11-25(31)19-26/h2-13,18-19,32H,14-17,20-21H2,1H3,(H,34,35). The van der Waals surface area contributed by atoms with Gasteiger partial charge in [-0.15, -0.1) is 0 Å². The minimum atomic E-state index is -1.01. The molecule has 35 heavy (non-hydrogen) atoms. The molecule has 2 N–H and O–H groups in total. The predicted molar refractivity (Wildman–Crippen MR) is 143 cm³/mol. The summed E-state index contributed by atoms with van der Waals surface area (Å²) in [6.07, 6.45) is 5.00. The van der Waals surface area contributed by atoms with Gasteiger partial charge >= 0.3 is 5.97 Å². The minimum absolute atomic E-state index is 0.128. The summed E-state index contributed by atoms with van der Waals surface area (Å²) in [5.41, 5.74) is 4.90. The molecule has 1 spiro atoms. The van der Waals surface area contributed by atoms with E-state index in [1.54, 1.807) is 12.1 Å². The van der Waals surface area contributed by atoms with Crippen molar-refractivity contribution in [1.29, 1.82) is 0 Å². The number of aliphatic carboxylic acids is 1. The Balaban J connectivity index is 1.40. The van der Waals surface area contributed by atoms with Gasteiger partial charge in [-0.2, -0.15) is 0 Å². The minimum Gasteiger partial charge on any atom is -0.480 e. The Hall–Kier alpha value is -3.08. The molecule has 0 heterocycles. The maximum absolute atomic E-state index is 12.6. The third-order valence-electron chi connectivity index (χ3n) is 7.73. The first kappa shape index (κ1) is 23.7. The van der Waals surface area contributed by atoms with Crippen molar-refractivity contribution in [3.63, 3.8) is 0 Å². The first-order valence-electron chi connectivity index (χ1n) is 12.2. The van der Waals surface area contributed by atoms with Crippen LogP contribution in [0.15, 0.2) is 84.4 Å². The maximum atomic E-state index is 12.6. The molecule has 180 valence electrons. The summed E-state index contributed by atoms with van der Waals surface area (Å²) in [7, 11) is 2.16. The number of carboxylic acids is 1. The molecule has 0 aromatic heterocycles. The Kier molecular flexibility index (Phi) is 6.43. The van der Waals surface area contributed by atoms with Crippen LogP contribution < -0.4 is 5.32 Å². The highest BCUT2D eigenvalue weighted by molar-refractivity contribution is 6.30. The first-order valence-corrected chi connectivity index (χ1v) is 12.6. The number of nitrogens with zero attached hydrogens (tertiary/aromatic N) is 1. The fourth-order valence-corrected chi connectivity index (χ4v) is 6.12. The molecule has 3 aromatic rings. The van der Waals surface area contributed by atoms with Gasteiger partial charge in [0, 0.05) is 29.2 Å². The molecule has 5 heteroatoms. The molecule has 4 nitrogen and oxygen atoms in total. The zero-order valence-corrected chi connectivity index (χ0v) is 20.8. The number of carboxylic acid groups (broad SMARTS) is 1. The average Bonchev–Trinajstić information content (AvgIpc) is 3.14. The number of benzene rings is 3. The number of carbonyl (C=O) groups is 1. The Labute approximate surface area is 212 Å². The first-order chi connectivity index (χ1) is 16.9. The van der Waals surface area contributed by atoms with Gasteiger partial charge < -0.3 is 10.4 Å². The Morgan fingerprint density at radius 2 is 1.66 bits per heavy atom. The predicted octanol–water partition coefficient (Wildman–Crippen LogP) is 6.62. The van der Waals surface area contributed by atoms with Crippen LogP contribution in [0.3, 0.4) is 0 Å². The van der Waals surface area contributed by atoms with E-state index in [1.165, 1.54) is 22.3 Å². The van der Waals surface area contributed by atoms with Gasteiger partial charge in [0.1, 0.15) is 5.54 Å². The van der Waals surface area contributed by atoms with E-state index in [1.807, 2.05) is 18.2 Å². The lowest BCUT2D eigenvalue weighted by atomic mass is 9.62. The molecule has 3 aromatic carbocycles. The van der Waals surface area contributed by atoms with Crippen molar-refractivity contribution < 1.29 is 9.90 Å². The molecule has 0 amide bonds. The molecule has 2 aliphatic carbocycles. The van der Waals surface area contributed by atoms with Gasteiger partial charge in [0.2, 0.25) is 0 Å².